The second-order valence-electron chi connectivity index (χ2n) is 5.67. The van der Waals surface area contributed by atoms with Crippen molar-refractivity contribution >= 4 is 34.6 Å². The van der Waals surface area contributed by atoms with E-state index in [-0.39, 0.29) is 12.3 Å². The standard InChI is InChI=1S/C20H17N3O5/c1-2-27-19(25)13-7-9-14(10-8-13)22-18(24)12-28-20(26)17-11-21-15-5-3-4-6-16(15)23-17/h3-11H,2,12H2,1H3,(H,22,24). The van der Waals surface area contributed by atoms with Gasteiger partial charge in [-0.1, -0.05) is 12.1 Å². The minimum absolute atomic E-state index is 0.0188. The third kappa shape index (κ3) is 4.67. The predicted octanol–water partition coefficient (Wildman–Crippen LogP) is 2.60. The Bertz CT molecular complexity index is 1020. The Kier molecular flexibility index (Phi) is 5.91. The molecule has 0 bridgehead atoms. The van der Waals surface area contributed by atoms with E-state index < -0.39 is 24.5 Å². The highest BCUT2D eigenvalue weighted by molar-refractivity contribution is 5.96. The van der Waals surface area contributed by atoms with Crippen molar-refractivity contribution in [2.24, 2.45) is 0 Å². The monoisotopic (exact) mass is 379 g/mol. The SMILES string of the molecule is CCOC(=O)c1ccc(NC(=O)COC(=O)c2cnc3ccccc3n2)cc1. The molecule has 1 amide bonds. The lowest BCUT2D eigenvalue weighted by Gasteiger charge is -2.07. The highest BCUT2D eigenvalue weighted by Gasteiger charge is 2.13. The van der Waals surface area contributed by atoms with Crippen LogP contribution in [0.15, 0.2) is 54.7 Å². The first-order valence-electron chi connectivity index (χ1n) is 8.53. The average molecular weight is 379 g/mol. The van der Waals surface area contributed by atoms with E-state index in [9.17, 15) is 14.4 Å². The summed E-state index contributed by atoms with van der Waals surface area (Å²) in [6, 6.07) is 13.3. The number of esters is 2. The van der Waals surface area contributed by atoms with Crippen molar-refractivity contribution in [1.82, 2.24) is 9.97 Å². The fourth-order valence-electron chi connectivity index (χ4n) is 2.36. The summed E-state index contributed by atoms with van der Waals surface area (Å²) in [5.41, 5.74) is 2.07. The van der Waals surface area contributed by atoms with Crippen LogP contribution in [0.3, 0.4) is 0 Å². The van der Waals surface area contributed by atoms with E-state index in [1.165, 1.54) is 18.3 Å². The van der Waals surface area contributed by atoms with Gasteiger partial charge in [-0.05, 0) is 43.3 Å². The van der Waals surface area contributed by atoms with Crippen molar-refractivity contribution in [3.8, 4) is 0 Å². The normalized spacial score (nSPS) is 10.3. The maximum atomic E-state index is 12.1. The van der Waals surface area contributed by atoms with Crippen molar-refractivity contribution in [3.63, 3.8) is 0 Å². The van der Waals surface area contributed by atoms with Crippen molar-refractivity contribution in [2.75, 3.05) is 18.5 Å². The van der Waals surface area contributed by atoms with Gasteiger partial charge in [0.1, 0.15) is 0 Å². The summed E-state index contributed by atoms with van der Waals surface area (Å²) in [6.07, 6.45) is 1.30. The molecule has 0 aliphatic rings. The average Bonchev–Trinajstić information content (AvgIpc) is 2.72. The number of carbonyl (C=O) groups excluding carboxylic acids is 3. The second-order valence-corrected chi connectivity index (χ2v) is 5.67. The molecule has 3 aromatic rings. The molecule has 0 atom stereocenters. The summed E-state index contributed by atoms with van der Waals surface area (Å²) in [5, 5.41) is 2.57. The maximum absolute atomic E-state index is 12.1. The van der Waals surface area contributed by atoms with Gasteiger partial charge in [0.15, 0.2) is 12.3 Å². The zero-order chi connectivity index (χ0) is 19.9. The summed E-state index contributed by atoms with van der Waals surface area (Å²) in [4.78, 5) is 43.9. The Morgan fingerprint density at radius 2 is 1.64 bits per heavy atom. The number of carbonyl (C=O) groups is 3. The maximum Gasteiger partial charge on any atom is 0.359 e. The van der Waals surface area contributed by atoms with Crippen LogP contribution < -0.4 is 5.32 Å². The molecule has 0 fully saturated rings. The molecule has 1 N–H and O–H groups in total. The van der Waals surface area contributed by atoms with E-state index in [1.807, 2.05) is 6.07 Å². The molecule has 0 spiro atoms. The van der Waals surface area contributed by atoms with Gasteiger partial charge < -0.3 is 14.8 Å². The second kappa shape index (κ2) is 8.72. The van der Waals surface area contributed by atoms with Crippen LogP contribution in [0.2, 0.25) is 0 Å². The zero-order valence-corrected chi connectivity index (χ0v) is 15.0. The molecular weight excluding hydrogens is 362 g/mol. The Labute approximate surface area is 160 Å². The van der Waals surface area contributed by atoms with E-state index in [0.717, 1.165) is 0 Å². The van der Waals surface area contributed by atoms with Gasteiger partial charge in [0.05, 0.1) is 29.4 Å². The smallest absolute Gasteiger partial charge is 0.359 e. The molecule has 8 heteroatoms. The van der Waals surface area contributed by atoms with Crippen LogP contribution in [0, 0.1) is 0 Å². The molecule has 28 heavy (non-hydrogen) atoms. The van der Waals surface area contributed by atoms with Gasteiger partial charge in [0.2, 0.25) is 0 Å². The fourth-order valence-corrected chi connectivity index (χ4v) is 2.36. The van der Waals surface area contributed by atoms with Gasteiger partial charge in [0.25, 0.3) is 5.91 Å². The number of rotatable bonds is 6. The molecule has 0 aliphatic carbocycles. The Morgan fingerprint density at radius 3 is 2.36 bits per heavy atom. The van der Waals surface area contributed by atoms with Crippen molar-refractivity contribution in [2.45, 2.75) is 6.92 Å². The number of para-hydroxylation sites is 2. The van der Waals surface area contributed by atoms with Crippen LogP contribution in [-0.4, -0.2) is 41.0 Å². The summed E-state index contributed by atoms with van der Waals surface area (Å²) >= 11 is 0. The number of hydrogen-bond acceptors (Lipinski definition) is 7. The van der Waals surface area contributed by atoms with Crippen LogP contribution in [0.1, 0.15) is 27.8 Å². The molecule has 8 nitrogen and oxygen atoms in total. The summed E-state index contributed by atoms with van der Waals surface area (Å²) < 4.78 is 9.87. The number of nitrogens with one attached hydrogen (secondary N) is 1. The van der Waals surface area contributed by atoms with Gasteiger partial charge in [-0.15, -0.1) is 0 Å². The van der Waals surface area contributed by atoms with Crippen molar-refractivity contribution in [3.05, 3.63) is 66.0 Å². The predicted molar refractivity (Wildman–Crippen MR) is 101 cm³/mol. The topological polar surface area (TPSA) is 107 Å². The van der Waals surface area contributed by atoms with Crippen LogP contribution in [0.4, 0.5) is 5.69 Å². The van der Waals surface area contributed by atoms with Crippen LogP contribution in [0.25, 0.3) is 11.0 Å². The Hall–Kier alpha value is -3.81. The van der Waals surface area contributed by atoms with Gasteiger partial charge in [0, 0.05) is 5.69 Å². The minimum atomic E-state index is -0.744. The van der Waals surface area contributed by atoms with Crippen LogP contribution >= 0.6 is 0 Å². The first-order valence-corrected chi connectivity index (χ1v) is 8.53. The summed E-state index contributed by atoms with van der Waals surface area (Å²) in [6.45, 7) is 1.52. The molecule has 1 aromatic heterocycles. The molecule has 0 saturated carbocycles. The van der Waals surface area contributed by atoms with Crippen molar-refractivity contribution < 1.29 is 23.9 Å². The van der Waals surface area contributed by atoms with Gasteiger partial charge >= 0.3 is 11.9 Å². The van der Waals surface area contributed by atoms with Crippen LogP contribution in [-0.2, 0) is 14.3 Å². The van der Waals surface area contributed by atoms with E-state index >= 15 is 0 Å². The number of nitrogens with zero attached hydrogens (tertiary/aromatic N) is 2. The number of anilines is 1. The Balaban J connectivity index is 1.54. The van der Waals surface area contributed by atoms with E-state index in [1.54, 1.807) is 37.3 Å². The molecule has 3 rings (SSSR count). The molecule has 0 unspecified atom stereocenters. The molecule has 0 radical (unpaired) electrons. The van der Waals surface area contributed by atoms with Crippen LogP contribution in [0.5, 0.6) is 0 Å². The summed E-state index contributed by atoms with van der Waals surface area (Å²) in [7, 11) is 0. The summed E-state index contributed by atoms with van der Waals surface area (Å²) in [5.74, 6) is -1.71. The number of aromatic nitrogens is 2. The largest absolute Gasteiger partial charge is 0.462 e. The van der Waals surface area contributed by atoms with E-state index in [2.05, 4.69) is 15.3 Å². The number of hydrogen-bond donors (Lipinski definition) is 1. The highest BCUT2D eigenvalue weighted by Crippen LogP contribution is 2.11. The number of benzene rings is 2. The Morgan fingerprint density at radius 1 is 0.929 bits per heavy atom. The lowest BCUT2D eigenvalue weighted by Crippen LogP contribution is -2.21. The number of fused-ring (bicyclic) bond motifs is 1. The van der Waals surface area contributed by atoms with E-state index in [4.69, 9.17) is 9.47 Å². The number of amides is 1. The molecule has 0 saturated heterocycles. The molecule has 2 aromatic carbocycles. The first-order chi connectivity index (χ1) is 13.6. The van der Waals surface area contributed by atoms with Gasteiger partial charge in [-0.2, -0.15) is 0 Å². The van der Waals surface area contributed by atoms with Gasteiger partial charge in [-0.3, -0.25) is 9.78 Å². The lowest BCUT2D eigenvalue weighted by atomic mass is 10.2. The van der Waals surface area contributed by atoms with Gasteiger partial charge in [-0.25, -0.2) is 14.6 Å². The first kappa shape index (κ1) is 19.0. The third-order valence-corrected chi connectivity index (χ3v) is 3.67. The molecular formula is C20H17N3O5. The zero-order valence-electron chi connectivity index (χ0n) is 15.0. The molecule has 0 aliphatic heterocycles. The minimum Gasteiger partial charge on any atom is -0.462 e. The fraction of sp³-hybridized carbons (Fsp3) is 0.150. The third-order valence-electron chi connectivity index (χ3n) is 3.67. The lowest BCUT2D eigenvalue weighted by molar-refractivity contribution is -0.119. The number of ether oxygens (including phenoxy) is 2. The molecule has 142 valence electrons. The van der Waals surface area contributed by atoms with Crippen molar-refractivity contribution in [1.29, 1.82) is 0 Å². The molecule has 1 heterocycles. The van der Waals surface area contributed by atoms with E-state index in [0.29, 0.717) is 22.3 Å². The quantitative estimate of drug-likeness (QED) is 0.656. The highest BCUT2D eigenvalue weighted by atomic mass is 16.5.